The SMILES string of the molecule is O=c1sccn1Cc1cc(F)ccc1NS(=O)(=O)CC1CCCCO1. The van der Waals surface area contributed by atoms with Crippen LogP contribution in [0.5, 0.6) is 0 Å². The Morgan fingerprint density at radius 2 is 2.20 bits per heavy atom. The van der Waals surface area contributed by atoms with E-state index in [2.05, 4.69) is 4.72 Å². The Morgan fingerprint density at radius 3 is 2.88 bits per heavy atom. The second kappa shape index (κ2) is 7.67. The van der Waals surface area contributed by atoms with Gasteiger partial charge in [-0.05, 0) is 43.0 Å². The van der Waals surface area contributed by atoms with Crippen LogP contribution in [0.4, 0.5) is 10.1 Å². The van der Waals surface area contributed by atoms with E-state index in [9.17, 15) is 17.6 Å². The molecule has 0 radical (unpaired) electrons. The van der Waals surface area contributed by atoms with E-state index in [-0.39, 0.29) is 29.0 Å². The molecule has 6 nitrogen and oxygen atoms in total. The van der Waals surface area contributed by atoms with Crippen molar-refractivity contribution in [3.63, 3.8) is 0 Å². The normalized spacial score (nSPS) is 18.2. The van der Waals surface area contributed by atoms with Crippen molar-refractivity contribution in [2.24, 2.45) is 0 Å². The number of benzene rings is 1. The van der Waals surface area contributed by atoms with E-state index in [0.29, 0.717) is 18.6 Å². The van der Waals surface area contributed by atoms with Crippen molar-refractivity contribution < 1.29 is 17.5 Å². The number of nitrogens with zero attached hydrogens (tertiary/aromatic N) is 1. The van der Waals surface area contributed by atoms with E-state index < -0.39 is 15.8 Å². The van der Waals surface area contributed by atoms with Crippen molar-refractivity contribution in [2.75, 3.05) is 17.1 Å². The first kappa shape index (κ1) is 18.1. The van der Waals surface area contributed by atoms with Gasteiger partial charge in [-0.25, -0.2) is 12.8 Å². The lowest BCUT2D eigenvalue weighted by molar-refractivity contribution is 0.0306. The summed E-state index contributed by atoms with van der Waals surface area (Å²) >= 11 is 1.03. The first-order valence-electron chi connectivity index (χ1n) is 7.97. The highest BCUT2D eigenvalue weighted by Gasteiger charge is 2.23. The number of ether oxygens (including phenoxy) is 1. The minimum Gasteiger partial charge on any atom is -0.377 e. The number of hydrogen-bond acceptors (Lipinski definition) is 5. The van der Waals surface area contributed by atoms with Gasteiger partial charge in [-0.3, -0.25) is 9.52 Å². The molecule has 1 unspecified atom stereocenters. The van der Waals surface area contributed by atoms with Gasteiger partial charge < -0.3 is 9.30 Å². The van der Waals surface area contributed by atoms with Crippen molar-refractivity contribution in [3.8, 4) is 0 Å². The van der Waals surface area contributed by atoms with Crippen molar-refractivity contribution in [3.05, 3.63) is 50.8 Å². The van der Waals surface area contributed by atoms with Gasteiger partial charge in [0.05, 0.1) is 24.1 Å². The summed E-state index contributed by atoms with van der Waals surface area (Å²) in [4.78, 5) is 11.5. The van der Waals surface area contributed by atoms with Crippen LogP contribution in [0.2, 0.25) is 0 Å². The Kier molecular flexibility index (Phi) is 5.55. The van der Waals surface area contributed by atoms with Gasteiger partial charge in [0, 0.05) is 18.2 Å². The largest absolute Gasteiger partial charge is 0.377 e. The molecule has 25 heavy (non-hydrogen) atoms. The van der Waals surface area contributed by atoms with Crippen LogP contribution in [-0.4, -0.2) is 31.4 Å². The molecule has 1 aromatic heterocycles. The standard InChI is InChI=1S/C16H19FN2O4S2/c17-13-4-5-15(12(9-13)10-19-6-8-24-16(19)20)18-25(21,22)11-14-3-1-2-7-23-14/h4-6,8-9,14,18H,1-3,7,10-11H2. The molecule has 1 atom stereocenters. The maximum atomic E-state index is 13.6. The molecule has 1 saturated heterocycles. The van der Waals surface area contributed by atoms with E-state index in [1.807, 2.05) is 0 Å². The fourth-order valence-corrected chi connectivity index (χ4v) is 4.73. The molecule has 2 aromatic rings. The summed E-state index contributed by atoms with van der Waals surface area (Å²) in [6.45, 7) is 0.668. The summed E-state index contributed by atoms with van der Waals surface area (Å²) in [5.41, 5.74) is 0.670. The molecule has 0 aliphatic carbocycles. The van der Waals surface area contributed by atoms with Gasteiger partial charge >= 0.3 is 4.87 Å². The highest BCUT2D eigenvalue weighted by atomic mass is 32.2. The number of hydrogen-bond donors (Lipinski definition) is 1. The summed E-state index contributed by atoms with van der Waals surface area (Å²) in [6.07, 6.45) is 3.87. The second-order valence-electron chi connectivity index (χ2n) is 5.97. The van der Waals surface area contributed by atoms with Crippen molar-refractivity contribution >= 4 is 27.0 Å². The number of sulfonamides is 1. The van der Waals surface area contributed by atoms with E-state index in [1.54, 1.807) is 11.6 Å². The average molecular weight is 386 g/mol. The summed E-state index contributed by atoms with van der Waals surface area (Å²) in [7, 11) is -3.64. The minimum atomic E-state index is -3.64. The number of rotatable bonds is 6. The van der Waals surface area contributed by atoms with Gasteiger partial charge in [0.2, 0.25) is 10.0 Å². The Labute approximate surface area is 149 Å². The van der Waals surface area contributed by atoms with Gasteiger partial charge in [0.1, 0.15) is 5.82 Å². The molecule has 2 heterocycles. The predicted octanol–water partition coefficient (Wildman–Crippen LogP) is 2.41. The topological polar surface area (TPSA) is 77.4 Å². The zero-order valence-electron chi connectivity index (χ0n) is 13.5. The molecule has 1 aliphatic heterocycles. The number of nitrogens with one attached hydrogen (secondary N) is 1. The van der Waals surface area contributed by atoms with Crippen molar-refractivity contribution in [2.45, 2.75) is 31.9 Å². The van der Waals surface area contributed by atoms with Crippen LogP contribution in [0.25, 0.3) is 0 Å². The fourth-order valence-electron chi connectivity index (χ4n) is 2.78. The Bertz CT molecular complexity index is 886. The minimum absolute atomic E-state index is 0.0951. The monoisotopic (exact) mass is 386 g/mol. The zero-order valence-corrected chi connectivity index (χ0v) is 15.1. The molecule has 1 N–H and O–H groups in total. The second-order valence-corrected chi connectivity index (χ2v) is 8.59. The van der Waals surface area contributed by atoms with E-state index in [4.69, 9.17) is 4.74 Å². The molecule has 1 aromatic carbocycles. The maximum absolute atomic E-state index is 13.6. The third kappa shape index (κ3) is 4.90. The predicted molar refractivity (Wildman–Crippen MR) is 95.1 cm³/mol. The average Bonchev–Trinajstić information content (AvgIpc) is 2.95. The first-order valence-corrected chi connectivity index (χ1v) is 10.5. The molecule has 0 spiro atoms. The fraction of sp³-hybridized carbons (Fsp3) is 0.438. The van der Waals surface area contributed by atoms with Gasteiger partial charge in [-0.1, -0.05) is 11.3 Å². The number of aromatic nitrogens is 1. The molecule has 9 heteroatoms. The third-order valence-electron chi connectivity index (χ3n) is 4.00. The van der Waals surface area contributed by atoms with E-state index in [0.717, 1.165) is 24.2 Å². The molecule has 0 bridgehead atoms. The smallest absolute Gasteiger partial charge is 0.307 e. The van der Waals surface area contributed by atoms with Crippen LogP contribution in [0, 0.1) is 5.82 Å². The van der Waals surface area contributed by atoms with Gasteiger partial charge in [0.15, 0.2) is 0 Å². The quantitative estimate of drug-likeness (QED) is 0.827. The summed E-state index contributed by atoms with van der Waals surface area (Å²) in [6, 6.07) is 3.80. The van der Waals surface area contributed by atoms with Crippen LogP contribution in [0.3, 0.4) is 0 Å². The Balaban J connectivity index is 1.79. The first-order chi connectivity index (χ1) is 11.9. The van der Waals surface area contributed by atoms with Crippen LogP contribution < -0.4 is 9.60 Å². The van der Waals surface area contributed by atoms with Crippen LogP contribution in [0.1, 0.15) is 24.8 Å². The number of anilines is 1. The number of halogens is 1. The van der Waals surface area contributed by atoms with E-state index >= 15 is 0 Å². The van der Waals surface area contributed by atoms with Crippen LogP contribution in [0.15, 0.2) is 34.6 Å². The van der Waals surface area contributed by atoms with Crippen molar-refractivity contribution in [1.29, 1.82) is 0 Å². The summed E-state index contributed by atoms with van der Waals surface area (Å²) in [5.74, 6) is -0.626. The summed E-state index contributed by atoms with van der Waals surface area (Å²) in [5, 5.41) is 1.63. The molecule has 0 saturated carbocycles. The van der Waals surface area contributed by atoms with Crippen LogP contribution >= 0.6 is 11.3 Å². The lowest BCUT2D eigenvalue weighted by Gasteiger charge is -2.23. The van der Waals surface area contributed by atoms with E-state index in [1.165, 1.54) is 22.8 Å². The molecule has 3 rings (SSSR count). The highest BCUT2D eigenvalue weighted by Crippen LogP contribution is 2.21. The van der Waals surface area contributed by atoms with Gasteiger partial charge in [-0.2, -0.15) is 0 Å². The van der Waals surface area contributed by atoms with Gasteiger partial charge in [-0.15, -0.1) is 0 Å². The molecule has 1 fully saturated rings. The third-order valence-corrected chi connectivity index (χ3v) is 6.03. The maximum Gasteiger partial charge on any atom is 0.307 e. The zero-order chi connectivity index (χ0) is 17.9. The number of thiazole rings is 1. The lowest BCUT2D eigenvalue weighted by atomic mass is 10.1. The Morgan fingerprint density at radius 1 is 1.36 bits per heavy atom. The lowest BCUT2D eigenvalue weighted by Crippen LogP contribution is -2.31. The summed E-state index contributed by atoms with van der Waals surface area (Å²) < 4.78 is 47.8. The molecule has 0 amide bonds. The van der Waals surface area contributed by atoms with Crippen molar-refractivity contribution in [1.82, 2.24) is 4.57 Å². The molecule has 1 aliphatic rings. The molecule has 136 valence electrons. The van der Waals surface area contributed by atoms with Crippen LogP contribution in [-0.2, 0) is 21.3 Å². The Hall–Kier alpha value is -1.71. The van der Waals surface area contributed by atoms with Gasteiger partial charge in [0.25, 0.3) is 0 Å². The molecular formula is C16H19FN2O4S2. The molecular weight excluding hydrogens is 367 g/mol. The highest BCUT2D eigenvalue weighted by molar-refractivity contribution is 7.92.